The van der Waals surface area contributed by atoms with Gasteiger partial charge in [0.1, 0.15) is 24.4 Å². The van der Waals surface area contributed by atoms with E-state index in [1.54, 1.807) is 6.08 Å². The van der Waals surface area contributed by atoms with Crippen LogP contribution >= 0.6 is 0 Å². The van der Waals surface area contributed by atoms with Crippen molar-refractivity contribution in [3.05, 3.63) is 24.3 Å². The minimum atomic E-state index is -1.57. The van der Waals surface area contributed by atoms with E-state index in [1.807, 2.05) is 6.08 Å². The van der Waals surface area contributed by atoms with E-state index >= 15 is 0 Å². The molecule has 1 aliphatic heterocycles. The van der Waals surface area contributed by atoms with Crippen LogP contribution in [-0.2, 0) is 23.8 Å². The number of allylic oxidation sites excluding steroid dienone is 3. The highest BCUT2D eigenvalue weighted by atomic mass is 16.7. The quantitative estimate of drug-likeness (QED) is 0.0195. The standard InChI is InChI=1S/C86H165NO10/c1-3-5-7-9-11-13-15-17-44-48-52-56-60-64-68-72-79(89)78(77-96-86-85(94)84(93)83(92)80(76-88)97-86)87-81(90)73-69-65-61-57-53-49-46-42-40-38-36-34-32-30-28-26-24-22-20-19-21-23-25-27-29-31-33-35-37-39-41-43-47-51-55-59-63-67-71-75-95-82(91)74-70-66-62-58-54-50-45-18-16-14-12-10-8-6-4-2/h52,56,68,72,78-80,83-86,88-89,92-94H,3-51,53-55,57-67,69-71,73-77H2,1-2H3,(H,87,90)/b56-52+,72-68+. The zero-order valence-electron chi connectivity index (χ0n) is 64.3. The Hall–Kier alpha value is -1.86. The average Bonchev–Trinajstić information content (AvgIpc) is 0.839. The number of carbonyl (C=O) groups excluding carboxylic acids is 2. The molecule has 1 heterocycles. The number of amides is 1. The Morgan fingerprint density at radius 3 is 1.02 bits per heavy atom. The van der Waals surface area contributed by atoms with Gasteiger partial charge in [0.05, 0.1) is 32.0 Å². The maximum atomic E-state index is 13.1. The smallest absolute Gasteiger partial charge is 0.305 e. The molecule has 0 spiro atoms. The molecule has 1 rings (SSSR count). The van der Waals surface area contributed by atoms with Crippen molar-refractivity contribution in [2.75, 3.05) is 19.8 Å². The molecule has 1 fully saturated rings. The third-order valence-corrected chi connectivity index (χ3v) is 20.8. The molecule has 11 heteroatoms. The van der Waals surface area contributed by atoms with Crippen LogP contribution in [0, 0.1) is 0 Å². The summed E-state index contributed by atoms with van der Waals surface area (Å²) in [5.41, 5.74) is 0. The second-order valence-electron chi connectivity index (χ2n) is 30.2. The molecule has 11 nitrogen and oxygen atoms in total. The molecule has 6 N–H and O–H groups in total. The Bertz CT molecular complexity index is 1660. The summed E-state index contributed by atoms with van der Waals surface area (Å²) in [6.45, 7) is 4.40. The van der Waals surface area contributed by atoms with Crippen LogP contribution in [0.4, 0.5) is 0 Å². The van der Waals surface area contributed by atoms with Crippen molar-refractivity contribution in [1.82, 2.24) is 5.32 Å². The van der Waals surface area contributed by atoms with Crippen molar-refractivity contribution in [3.8, 4) is 0 Å². The van der Waals surface area contributed by atoms with E-state index < -0.39 is 49.5 Å². The van der Waals surface area contributed by atoms with Gasteiger partial charge >= 0.3 is 5.97 Å². The van der Waals surface area contributed by atoms with Gasteiger partial charge in [-0.25, -0.2) is 0 Å². The highest BCUT2D eigenvalue weighted by Crippen LogP contribution is 2.24. The zero-order valence-corrected chi connectivity index (χ0v) is 64.3. The van der Waals surface area contributed by atoms with Gasteiger partial charge in [0, 0.05) is 12.8 Å². The molecule has 0 radical (unpaired) electrons. The fourth-order valence-corrected chi connectivity index (χ4v) is 14.1. The highest BCUT2D eigenvalue weighted by molar-refractivity contribution is 5.76. The van der Waals surface area contributed by atoms with Crippen molar-refractivity contribution in [3.63, 3.8) is 0 Å². The van der Waals surface area contributed by atoms with Crippen LogP contribution in [0.5, 0.6) is 0 Å². The molecule has 0 saturated carbocycles. The molecule has 0 bridgehead atoms. The predicted molar refractivity (Wildman–Crippen MR) is 412 cm³/mol. The van der Waals surface area contributed by atoms with Crippen LogP contribution in [0.25, 0.3) is 0 Å². The SMILES string of the molecule is CCCCCCCCCCC/C=C/CC/C=C/C(O)C(COC1OC(CO)C(O)C(O)C1O)NC(=O)CCCCCCCCCCCCCCCCCCCCCCCCCCCCCCCCCCCCCCCCCOC(=O)CCCCCCCCCCCCCCCCC. The van der Waals surface area contributed by atoms with Crippen LogP contribution in [-0.4, -0.2) is 100 Å². The summed E-state index contributed by atoms with van der Waals surface area (Å²) in [5.74, 6) is -0.160. The fraction of sp³-hybridized carbons (Fsp3) is 0.930. The molecular weight excluding hydrogens is 1210 g/mol. The topological polar surface area (TPSA) is 175 Å². The van der Waals surface area contributed by atoms with Gasteiger partial charge in [-0.05, 0) is 44.9 Å². The van der Waals surface area contributed by atoms with Crippen molar-refractivity contribution >= 4 is 11.9 Å². The van der Waals surface area contributed by atoms with Gasteiger partial charge in [0.2, 0.25) is 5.91 Å². The van der Waals surface area contributed by atoms with Crippen LogP contribution in [0.1, 0.15) is 450 Å². The molecule has 0 aromatic carbocycles. The Morgan fingerprint density at radius 1 is 0.371 bits per heavy atom. The second kappa shape index (κ2) is 75.3. The van der Waals surface area contributed by atoms with Crippen LogP contribution in [0.2, 0.25) is 0 Å². The number of nitrogens with one attached hydrogen (secondary N) is 1. The van der Waals surface area contributed by atoms with Gasteiger partial charge < -0.3 is 45.1 Å². The fourth-order valence-electron chi connectivity index (χ4n) is 14.1. The molecule has 0 aromatic heterocycles. The summed E-state index contributed by atoms with van der Waals surface area (Å²) in [6.07, 6.45) is 88.1. The number of ether oxygens (including phenoxy) is 3. The van der Waals surface area contributed by atoms with Crippen LogP contribution in [0.15, 0.2) is 24.3 Å². The maximum absolute atomic E-state index is 13.1. The number of aliphatic hydroxyl groups is 5. The van der Waals surface area contributed by atoms with Crippen LogP contribution in [0.3, 0.4) is 0 Å². The number of hydrogen-bond donors (Lipinski definition) is 6. The number of aliphatic hydroxyl groups excluding tert-OH is 5. The molecule has 97 heavy (non-hydrogen) atoms. The van der Waals surface area contributed by atoms with Gasteiger partial charge in [-0.1, -0.05) is 417 Å². The Labute approximate surface area is 601 Å². The number of rotatable bonds is 78. The summed E-state index contributed by atoms with van der Waals surface area (Å²) >= 11 is 0. The largest absolute Gasteiger partial charge is 0.466 e. The molecule has 1 amide bonds. The summed E-state index contributed by atoms with van der Waals surface area (Å²) in [7, 11) is 0. The number of unbranched alkanes of at least 4 members (excludes halogenated alkanes) is 62. The normalized spacial score (nSPS) is 17.3. The predicted octanol–water partition coefficient (Wildman–Crippen LogP) is 23.9. The molecular formula is C86H165NO10. The highest BCUT2D eigenvalue weighted by Gasteiger charge is 2.44. The first-order valence-corrected chi connectivity index (χ1v) is 43.1. The molecule has 7 unspecified atom stereocenters. The van der Waals surface area contributed by atoms with E-state index in [-0.39, 0.29) is 18.5 Å². The lowest BCUT2D eigenvalue weighted by molar-refractivity contribution is -0.302. The Kier molecular flexibility index (Phi) is 72.3. The second-order valence-corrected chi connectivity index (χ2v) is 30.2. The van der Waals surface area contributed by atoms with Gasteiger partial charge in [-0.15, -0.1) is 0 Å². The van der Waals surface area contributed by atoms with Crippen molar-refractivity contribution in [2.45, 2.75) is 493 Å². The van der Waals surface area contributed by atoms with E-state index in [0.717, 1.165) is 51.4 Å². The van der Waals surface area contributed by atoms with E-state index in [1.165, 1.54) is 372 Å². The lowest BCUT2D eigenvalue weighted by Gasteiger charge is -2.40. The zero-order chi connectivity index (χ0) is 70.1. The minimum Gasteiger partial charge on any atom is -0.466 e. The van der Waals surface area contributed by atoms with Gasteiger partial charge in [-0.2, -0.15) is 0 Å². The minimum absolute atomic E-state index is 0.0222. The first-order chi connectivity index (χ1) is 47.7. The molecule has 1 aliphatic rings. The van der Waals surface area contributed by atoms with Crippen molar-refractivity contribution in [2.24, 2.45) is 0 Å². The molecule has 574 valence electrons. The van der Waals surface area contributed by atoms with Crippen LogP contribution < -0.4 is 5.32 Å². The van der Waals surface area contributed by atoms with E-state index in [9.17, 15) is 35.1 Å². The molecule has 1 saturated heterocycles. The third-order valence-electron chi connectivity index (χ3n) is 20.8. The number of carbonyl (C=O) groups is 2. The van der Waals surface area contributed by atoms with Crippen molar-refractivity contribution < 1.29 is 49.3 Å². The Morgan fingerprint density at radius 2 is 0.670 bits per heavy atom. The summed E-state index contributed by atoms with van der Waals surface area (Å²) in [6, 6.07) is -0.823. The molecule has 0 aliphatic carbocycles. The summed E-state index contributed by atoms with van der Waals surface area (Å²) in [5, 5.41) is 54.6. The lowest BCUT2D eigenvalue weighted by Crippen LogP contribution is -2.60. The Balaban J connectivity index is 1.87. The van der Waals surface area contributed by atoms with Gasteiger partial charge in [-0.3, -0.25) is 9.59 Å². The monoisotopic (exact) mass is 1370 g/mol. The number of esters is 1. The summed E-state index contributed by atoms with van der Waals surface area (Å²) in [4.78, 5) is 25.2. The van der Waals surface area contributed by atoms with E-state index in [4.69, 9.17) is 14.2 Å². The summed E-state index contributed by atoms with van der Waals surface area (Å²) < 4.78 is 16.8. The average molecular weight is 1370 g/mol. The third kappa shape index (κ3) is 63.6. The first-order valence-electron chi connectivity index (χ1n) is 43.1. The van der Waals surface area contributed by atoms with Crippen molar-refractivity contribution in [1.29, 1.82) is 0 Å². The van der Waals surface area contributed by atoms with Gasteiger partial charge in [0.15, 0.2) is 6.29 Å². The maximum Gasteiger partial charge on any atom is 0.305 e. The molecule has 7 atom stereocenters. The van der Waals surface area contributed by atoms with E-state index in [2.05, 4.69) is 31.3 Å². The lowest BCUT2D eigenvalue weighted by atomic mass is 9.99. The number of hydrogen-bond acceptors (Lipinski definition) is 10. The first kappa shape index (κ1) is 93.2. The van der Waals surface area contributed by atoms with Gasteiger partial charge in [0.25, 0.3) is 0 Å². The molecule has 0 aromatic rings. The van der Waals surface area contributed by atoms with E-state index in [0.29, 0.717) is 19.4 Å².